The highest BCUT2D eigenvalue weighted by molar-refractivity contribution is 5.95. The lowest BCUT2D eigenvalue weighted by Crippen LogP contribution is -2.30. The summed E-state index contributed by atoms with van der Waals surface area (Å²) in [5.41, 5.74) is -0.593. The lowest BCUT2D eigenvalue weighted by molar-refractivity contribution is -0.141. The summed E-state index contributed by atoms with van der Waals surface area (Å²) in [6, 6.07) is 1.51. The molecule has 0 bridgehead atoms. The first kappa shape index (κ1) is 13.4. The molecule has 2 rings (SSSR count). The van der Waals surface area contributed by atoms with Crippen LogP contribution < -0.4 is 0 Å². The molecule has 0 radical (unpaired) electrons. The standard InChI is InChI=1S/C12H10F3NO3/c13-8-2-1-7(9(14)10(8)15)11(17)16-4-3-6(5-16)12(18)19/h1-2,6H,3-5H2,(H,18,19). The van der Waals surface area contributed by atoms with Gasteiger partial charge in [-0.1, -0.05) is 0 Å². The van der Waals surface area contributed by atoms with Crippen LogP contribution in [0.2, 0.25) is 0 Å². The van der Waals surface area contributed by atoms with Crippen molar-refractivity contribution >= 4 is 11.9 Å². The quantitative estimate of drug-likeness (QED) is 0.833. The molecule has 1 aromatic rings. The van der Waals surface area contributed by atoms with Crippen molar-refractivity contribution in [1.82, 2.24) is 4.90 Å². The van der Waals surface area contributed by atoms with Gasteiger partial charge in [0.2, 0.25) is 0 Å². The number of carbonyl (C=O) groups excluding carboxylic acids is 1. The van der Waals surface area contributed by atoms with Crippen LogP contribution in [0.25, 0.3) is 0 Å². The summed E-state index contributed by atoms with van der Waals surface area (Å²) in [5, 5.41) is 8.80. The Morgan fingerprint density at radius 2 is 1.89 bits per heavy atom. The molecule has 1 amide bonds. The van der Waals surface area contributed by atoms with Crippen LogP contribution in [0.3, 0.4) is 0 Å². The SMILES string of the molecule is O=C(O)C1CCN(C(=O)c2ccc(F)c(F)c2F)C1. The minimum absolute atomic E-state index is 0.0629. The molecule has 1 aromatic carbocycles. The Hall–Kier alpha value is -2.05. The van der Waals surface area contributed by atoms with Crippen molar-refractivity contribution in [3.05, 3.63) is 35.1 Å². The first-order chi connectivity index (χ1) is 8.91. The van der Waals surface area contributed by atoms with E-state index in [0.717, 1.165) is 11.0 Å². The van der Waals surface area contributed by atoms with Gasteiger partial charge in [-0.05, 0) is 18.6 Å². The molecule has 0 aliphatic carbocycles. The molecule has 0 spiro atoms. The number of carboxylic acids is 1. The summed E-state index contributed by atoms with van der Waals surface area (Å²) in [5.74, 6) is -7.22. The van der Waals surface area contributed by atoms with Gasteiger partial charge in [0.1, 0.15) is 0 Å². The number of nitrogens with zero attached hydrogens (tertiary/aromatic N) is 1. The minimum Gasteiger partial charge on any atom is -0.481 e. The first-order valence-corrected chi connectivity index (χ1v) is 5.57. The van der Waals surface area contributed by atoms with Crippen molar-refractivity contribution in [2.75, 3.05) is 13.1 Å². The fourth-order valence-electron chi connectivity index (χ4n) is 2.01. The highest BCUT2D eigenvalue weighted by atomic mass is 19.2. The van der Waals surface area contributed by atoms with Crippen LogP contribution in [0, 0.1) is 23.4 Å². The van der Waals surface area contributed by atoms with Crippen molar-refractivity contribution in [2.24, 2.45) is 5.92 Å². The number of aliphatic carboxylic acids is 1. The van der Waals surface area contributed by atoms with E-state index in [1.807, 2.05) is 0 Å². The van der Waals surface area contributed by atoms with Crippen LogP contribution in [-0.2, 0) is 4.79 Å². The second kappa shape index (κ2) is 4.91. The number of rotatable bonds is 2. The maximum absolute atomic E-state index is 13.4. The van der Waals surface area contributed by atoms with Crippen LogP contribution in [0.4, 0.5) is 13.2 Å². The molecule has 1 aliphatic heterocycles. The fraction of sp³-hybridized carbons (Fsp3) is 0.333. The van der Waals surface area contributed by atoms with Crippen LogP contribution in [-0.4, -0.2) is 35.0 Å². The van der Waals surface area contributed by atoms with E-state index in [4.69, 9.17) is 5.11 Å². The average Bonchev–Trinajstić information content (AvgIpc) is 2.85. The van der Waals surface area contributed by atoms with Gasteiger partial charge >= 0.3 is 5.97 Å². The molecule has 1 fully saturated rings. The van der Waals surface area contributed by atoms with E-state index in [0.29, 0.717) is 6.07 Å². The molecule has 0 aromatic heterocycles. The Bertz CT molecular complexity index is 547. The number of halogens is 3. The summed E-state index contributed by atoms with van der Waals surface area (Å²) in [6.07, 6.45) is 0.256. The lowest BCUT2D eigenvalue weighted by atomic mass is 10.1. The van der Waals surface area contributed by atoms with Crippen LogP contribution >= 0.6 is 0 Å². The molecule has 1 saturated heterocycles. The second-order valence-electron chi connectivity index (χ2n) is 4.30. The predicted molar refractivity (Wildman–Crippen MR) is 58.0 cm³/mol. The van der Waals surface area contributed by atoms with Gasteiger partial charge in [-0.3, -0.25) is 9.59 Å². The Morgan fingerprint density at radius 3 is 2.47 bits per heavy atom. The van der Waals surface area contributed by atoms with E-state index < -0.39 is 40.8 Å². The summed E-state index contributed by atoms with van der Waals surface area (Å²) in [6.45, 7) is 0.0842. The average molecular weight is 273 g/mol. The van der Waals surface area contributed by atoms with Crippen molar-refractivity contribution in [2.45, 2.75) is 6.42 Å². The molecule has 1 atom stereocenters. The highest BCUT2D eigenvalue weighted by Crippen LogP contribution is 2.22. The number of amides is 1. The third-order valence-corrected chi connectivity index (χ3v) is 3.09. The van der Waals surface area contributed by atoms with E-state index in [1.165, 1.54) is 0 Å². The summed E-state index contributed by atoms with van der Waals surface area (Å²) < 4.78 is 39.2. The maximum atomic E-state index is 13.4. The number of likely N-dealkylation sites (tertiary alicyclic amines) is 1. The largest absolute Gasteiger partial charge is 0.481 e. The van der Waals surface area contributed by atoms with E-state index in [9.17, 15) is 22.8 Å². The van der Waals surface area contributed by atoms with Gasteiger partial charge in [-0.15, -0.1) is 0 Å². The highest BCUT2D eigenvalue weighted by Gasteiger charge is 2.32. The molecule has 7 heteroatoms. The van der Waals surface area contributed by atoms with Crippen LogP contribution in [0.15, 0.2) is 12.1 Å². The molecule has 1 unspecified atom stereocenters. The molecule has 102 valence electrons. The number of hydrogen-bond donors (Lipinski definition) is 1. The zero-order valence-corrected chi connectivity index (χ0v) is 9.70. The number of carbonyl (C=O) groups is 2. The molecular formula is C12H10F3NO3. The zero-order valence-electron chi connectivity index (χ0n) is 9.70. The summed E-state index contributed by atoms with van der Waals surface area (Å²) in [7, 11) is 0. The third kappa shape index (κ3) is 2.40. The van der Waals surface area contributed by atoms with Crippen molar-refractivity contribution in [1.29, 1.82) is 0 Å². The number of hydrogen-bond acceptors (Lipinski definition) is 2. The van der Waals surface area contributed by atoms with Crippen molar-refractivity contribution < 1.29 is 27.9 Å². The Kier molecular flexibility index (Phi) is 3.46. The Morgan fingerprint density at radius 1 is 1.21 bits per heavy atom. The van der Waals surface area contributed by atoms with Gasteiger partial charge in [0.25, 0.3) is 5.91 Å². The van der Waals surface area contributed by atoms with E-state index in [-0.39, 0.29) is 19.5 Å². The van der Waals surface area contributed by atoms with E-state index in [2.05, 4.69) is 0 Å². The molecule has 1 heterocycles. The third-order valence-electron chi connectivity index (χ3n) is 3.09. The smallest absolute Gasteiger partial charge is 0.308 e. The van der Waals surface area contributed by atoms with E-state index in [1.54, 1.807) is 0 Å². The Balaban J connectivity index is 2.22. The topological polar surface area (TPSA) is 57.6 Å². The Labute approximate surface area is 106 Å². The normalized spacial score (nSPS) is 18.7. The minimum atomic E-state index is -1.71. The number of benzene rings is 1. The van der Waals surface area contributed by atoms with Crippen LogP contribution in [0.5, 0.6) is 0 Å². The van der Waals surface area contributed by atoms with Gasteiger partial charge in [0, 0.05) is 13.1 Å². The summed E-state index contributed by atoms with van der Waals surface area (Å²) >= 11 is 0. The lowest BCUT2D eigenvalue weighted by Gasteiger charge is -2.16. The van der Waals surface area contributed by atoms with Gasteiger partial charge in [-0.2, -0.15) is 0 Å². The predicted octanol–water partition coefficient (Wildman–Crippen LogP) is 1.65. The zero-order chi connectivity index (χ0) is 14.2. The fourth-order valence-corrected chi connectivity index (χ4v) is 2.01. The number of carboxylic acid groups (broad SMARTS) is 1. The van der Waals surface area contributed by atoms with Crippen molar-refractivity contribution in [3.63, 3.8) is 0 Å². The second-order valence-corrected chi connectivity index (χ2v) is 4.30. The molecule has 1 aliphatic rings. The first-order valence-electron chi connectivity index (χ1n) is 5.57. The summed E-state index contributed by atoms with van der Waals surface area (Å²) in [4.78, 5) is 23.8. The molecule has 0 saturated carbocycles. The van der Waals surface area contributed by atoms with Crippen molar-refractivity contribution in [3.8, 4) is 0 Å². The molecule has 4 nitrogen and oxygen atoms in total. The van der Waals surface area contributed by atoms with E-state index >= 15 is 0 Å². The van der Waals surface area contributed by atoms with Gasteiger partial charge < -0.3 is 10.0 Å². The maximum Gasteiger partial charge on any atom is 0.308 e. The van der Waals surface area contributed by atoms with Gasteiger partial charge in [-0.25, -0.2) is 13.2 Å². The van der Waals surface area contributed by atoms with Crippen LogP contribution in [0.1, 0.15) is 16.8 Å². The van der Waals surface area contributed by atoms with Gasteiger partial charge in [0.05, 0.1) is 11.5 Å². The molecular weight excluding hydrogens is 263 g/mol. The molecule has 19 heavy (non-hydrogen) atoms. The monoisotopic (exact) mass is 273 g/mol. The molecule has 1 N–H and O–H groups in total. The van der Waals surface area contributed by atoms with Gasteiger partial charge in [0.15, 0.2) is 17.5 Å².